The fourth-order valence-corrected chi connectivity index (χ4v) is 2.59. The molecule has 0 aliphatic heterocycles. The summed E-state index contributed by atoms with van der Waals surface area (Å²) in [7, 11) is -4.48. The first-order valence-corrected chi connectivity index (χ1v) is 7.41. The van der Waals surface area contributed by atoms with E-state index >= 15 is 0 Å². The predicted octanol–water partition coefficient (Wildman–Crippen LogP) is 1.11. The Bertz CT molecular complexity index is 833. The fourth-order valence-electron chi connectivity index (χ4n) is 1.79. The molecule has 0 aliphatic carbocycles. The molecular weight excluding hydrogens is 312 g/mol. The lowest BCUT2D eigenvalue weighted by Gasteiger charge is -2.15. The smallest absolute Gasteiger partial charge is 0.339 e. The molecule has 22 heavy (non-hydrogen) atoms. The number of benzene rings is 2. The summed E-state index contributed by atoms with van der Waals surface area (Å²) in [6.07, 6.45) is 0. The van der Waals surface area contributed by atoms with Crippen molar-refractivity contribution in [2.75, 3.05) is 5.73 Å². The van der Waals surface area contributed by atoms with Crippen LogP contribution >= 0.6 is 0 Å². The number of rotatable bonds is 4. The van der Waals surface area contributed by atoms with Gasteiger partial charge in [-0.2, -0.15) is 0 Å². The highest BCUT2D eigenvalue weighted by Gasteiger charge is 2.28. The minimum atomic E-state index is -4.48. The summed E-state index contributed by atoms with van der Waals surface area (Å²) >= 11 is 0. The lowest BCUT2D eigenvalue weighted by molar-refractivity contribution is 0.0693. The summed E-state index contributed by atoms with van der Waals surface area (Å²) in [5.41, 5.74) is 4.67. The average Bonchev–Trinajstić information content (AvgIpc) is 2.42. The van der Waals surface area contributed by atoms with Gasteiger partial charge in [0.15, 0.2) is 16.4 Å². The van der Waals surface area contributed by atoms with Crippen LogP contribution in [0.2, 0.25) is 0 Å². The number of aromatic carboxylic acids is 1. The lowest BCUT2D eigenvalue weighted by Crippen LogP contribution is -2.16. The zero-order valence-electron chi connectivity index (χ0n) is 11.1. The van der Waals surface area contributed by atoms with E-state index in [1.807, 2.05) is 0 Å². The maximum absolute atomic E-state index is 11.7. The molecule has 0 spiro atoms. The molecule has 0 heterocycles. The zero-order chi connectivity index (χ0) is 16.5. The molecule has 0 saturated carbocycles. The Morgan fingerprint density at radius 2 is 1.77 bits per heavy atom. The number of primary sulfonamides is 1. The van der Waals surface area contributed by atoms with E-state index in [-0.39, 0.29) is 11.4 Å². The average molecular weight is 324 g/mol. The van der Waals surface area contributed by atoms with Crippen molar-refractivity contribution in [1.29, 1.82) is 0 Å². The number of anilines is 1. The lowest BCUT2D eigenvalue weighted by atomic mass is 10.1. The maximum Gasteiger partial charge on any atom is 0.339 e. The van der Waals surface area contributed by atoms with Gasteiger partial charge in [0.2, 0.25) is 10.0 Å². The molecule has 116 valence electrons. The minimum absolute atomic E-state index is 0.238. The van der Waals surface area contributed by atoms with Crippen molar-refractivity contribution in [2.45, 2.75) is 4.90 Å². The molecular formula is C13H12N2O6S. The molecule has 0 bridgehead atoms. The molecule has 2 rings (SSSR count). The van der Waals surface area contributed by atoms with Crippen LogP contribution in [0.5, 0.6) is 17.2 Å². The highest BCUT2D eigenvalue weighted by molar-refractivity contribution is 7.89. The van der Waals surface area contributed by atoms with Crippen molar-refractivity contribution in [3.63, 3.8) is 0 Å². The number of carboxylic acids is 1. The summed E-state index contributed by atoms with van der Waals surface area (Å²) in [5.74, 6) is -2.78. The molecule has 0 radical (unpaired) electrons. The van der Waals surface area contributed by atoms with E-state index in [4.69, 9.17) is 20.7 Å². The van der Waals surface area contributed by atoms with E-state index in [0.717, 1.165) is 6.07 Å². The topological polar surface area (TPSA) is 153 Å². The molecule has 0 fully saturated rings. The van der Waals surface area contributed by atoms with Gasteiger partial charge in [-0.05, 0) is 18.2 Å². The number of para-hydroxylation sites is 1. The SMILES string of the molecule is Nc1cc(C(=O)O)c(O)c(S(N)(=O)=O)c1Oc1ccccc1. The van der Waals surface area contributed by atoms with Crippen LogP contribution in [0.3, 0.4) is 0 Å². The van der Waals surface area contributed by atoms with Crippen molar-refractivity contribution < 1.29 is 28.2 Å². The van der Waals surface area contributed by atoms with Gasteiger partial charge in [0.25, 0.3) is 0 Å². The second kappa shape index (κ2) is 5.54. The predicted molar refractivity (Wildman–Crippen MR) is 77.4 cm³/mol. The molecule has 0 atom stereocenters. The van der Waals surface area contributed by atoms with Gasteiger partial charge in [0, 0.05) is 0 Å². The number of aromatic hydroxyl groups is 1. The Kier molecular flexibility index (Phi) is 3.93. The van der Waals surface area contributed by atoms with E-state index in [9.17, 15) is 18.3 Å². The number of hydrogen-bond donors (Lipinski definition) is 4. The molecule has 2 aromatic carbocycles. The van der Waals surface area contributed by atoms with Gasteiger partial charge >= 0.3 is 5.97 Å². The van der Waals surface area contributed by atoms with Gasteiger partial charge in [0.1, 0.15) is 11.3 Å². The Balaban J connectivity index is 2.73. The third-order valence-corrected chi connectivity index (χ3v) is 3.66. The summed E-state index contributed by atoms with van der Waals surface area (Å²) in [5, 5.41) is 23.9. The van der Waals surface area contributed by atoms with Crippen LogP contribution in [0.4, 0.5) is 5.69 Å². The first-order valence-electron chi connectivity index (χ1n) is 5.86. The monoisotopic (exact) mass is 324 g/mol. The van der Waals surface area contributed by atoms with Crippen LogP contribution < -0.4 is 15.6 Å². The van der Waals surface area contributed by atoms with Crippen molar-refractivity contribution in [1.82, 2.24) is 0 Å². The number of nitrogens with two attached hydrogens (primary N) is 2. The van der Waals surface area contributed by atoms with Gasteiger partial charge in [-0.25, -0.2) is 18.4 Å². The highest BCUT2D eigenvalue weighted by Crippen LogP contribution is 2.41. The number of nitrogen functional groups attached to an aromatic ring is 1. The van der Waals surface area contributed by atoms with Crippen LogP contribution in [-0.4, -0.2) is 24.6 Å². The third-order valence-electron chi connectivity index (χ3n) is 2.72. The number of ether oxygens (including phenoxy) is 1. The first kappa shape index (κ1) is 15.6. The quantitative estimate of drug-likeness (QED) is 0.485. The molecule has 2 aromatic rings. The summed E-state index contributed by atoms with van der Waals surface area (Å²) in [6.45, 7) is 0. The Hall–Kier alpha value is -2.78. The van der Waals surface area contributed by atoms with Gasteiger partial charge in [0.05, 0.1) is 5.69 Å². The van der Waals surface area contributed by atoms with E-state index in [2.05, 4.69) is 0 Å². The van der Waals surface area contributed by atoms with Gasteiger partial charge in [-0.15, -0.1) is 0 Å². The molecule has 0 aliphatic rings. The van der Waals surface area contributed by atoms with Crippen LogP contribution in [0, 0.1) is 0 Å². The van der Waals surface area contributed by atoms with E-state index in [1.165, 1.54) is 12.1 Å². The highest BCUT2D eigenvalue weighted by atomic mass is 32.2. The zero-order valence-corrected chi connectivity index (χ0v) is 11.9. The summed E-state index contributed by atoms with van der Waals surface area (Å²) in [6, 6.07) is 8.91. The second-order valence-electron chi connectivity index (χ2n) is 4.29. The number of hydrogen-bond acceptors (Lipinski definition) is 6. The van der Waals surface area contributed by atoms with Crippen LogP contribution in [0.25, 0.3) is 0 Å². The largest absolute Gasteiger partial charge is 0.505 e. The molecule has 0 amide bonds. The standard InChI is InChI=1S/C13H12N2O6S/c14-9-6-8(13(17)18)10(16)12(22(15,19)20)11(9)21-7-4-2-1-3-5-7/h1-6,16H,14H2,(H,17,18)(H2,15,19,20). The van der Waals surface area contributed by atoms with Gasteiger partial charge in [-0.1, -0.05) is 18.2 Å². The number of phenols is 1. The molecule has 0 unspecified atom stereocenters. The molecule has 0 aromatic heterocycles. The number of carboxylic acid groups (broad SMARTS) is 1. The van der Waals surface area contributed by atoms with Crippen molar-refractivity contribution in [3.05, 3.63) is 42.0 Å². The van der Waals surface area contributed by atoms with Gasteiger partial charge in [-0.3, -0.25) is 0 Å². The molecule has 9 heteroatoms. The summed E-state index contributed by atoms with van der Waals surface area (Å²) < 4.78 is 28.7. The van der Waals surface area contributed by atoms with Crippen molar-refractivity contribution in [3.8, 4) is 17.2 Å². The van der Waals surface area contributed by atoms with Crippen molar-refractivity contribution in [2.24, 2.45) is 5.14 Å². The van der Waals surface area contributed by atoms with Gasteiger partial charge < -0.3 is 20.7 Å². The Morgan fingerprint density at radius 3 is 2.27 bits per heavy atom. The van der Waals surface area contributed by atoms with E-state index in [1.54, 1.807) is 18.2 Å². The van der Waals surface area contributed by atoms with E-state index < -0.39 is 38.0 Å². The second-order valence-corrected chi connectivity index (χ2v) is 5.78. The van der Waals surface area contributed by atoms with Crippen LogP contribution in [0.15, 0.2) is 41.3 Å². The Labute approximate surface area is 125 Å². The minimum Gasteiger partial charge on any atom is -0.505 e. The van der Waals surface area contributed by atoms with Crippen LogP contribution in [-0.2, 0) is 10.0 Å². The number of carbonyl (C=O) groups is 1. The van der Waals surface area contributed by atoms with E-state index in [0.29, 0.717) is 0 Å². The normalized spacial score (nSPS) is 11.1. The molecule has 0 saturated heterocycles. The number of sulfonamides is 1. The summed E-state index contributed by atoms with van der Waals surface area (Å²) in [4.78, 5) is 10.1. The third kappa shape index (κ3) is 2.95. The van der Waals surface area contributed by atoms with Crippen molar-refractivity contribution >= 4 is 21.7 Å². The molecule has 6 N–H and O–H groups in total. The van der Waals surface area contributed by atoms with Crippen LogP contribution in [0.1, 0.15) is 10.4 Å². The fraction of sp³-hybridized carbons (Fsp3) is 0. The first-order chi connectivity index (χ1) is 10.2. The Morgan fingerprint density at radius 1 is 1.18 bits per heavy atom. The maximum atomic E-state index is 11.7. The molecule has 8 nitrogen and oxygen atoms in total.